The van der Waals surface area contributed by atoms with Crippen molar-refractivity contribution >= 4 is 16.9 Å². The van der Waals surface area contributed by atoms with Crippen LogP contribution in [0.15, 0.2) is 33.4 Å². The van der Waals surface area contributed by atoms with Crippen LogP contribution in [0.3, 0.4) is 0 Å². The molecule has 5 rings (SSSR count). The number of pyridine rings is 1. The third-order valence-electron chi connectivity index (χ3n) is 6.28. The van der Waals surface area contributed by atoms with Gasteiger partial charge in [-0.05, 0) is 51.8 Å². The van der Waals surface area contributed by atoms with Crippen molar-refractivity contribution in [2.45, 2.75) is 46.0 Å². The van der Waals surface area contributed by atoms with Crippen molar-refractivity contribution in [2.24, 2.45) is 0 Å². The van der Waals surface area contributed by atoms with Crippen LogP contribution in [0.2, 0.25) is 0 Å². The van der Waals surface area contributed by atoms with Crippen LogP contribution in [0, 0.1) is 20.8 Å². The summed E-state index contributed by atoms with van der Waals surface area (Å²) in [5.41, 5.74) is 6.08. The Bertz CT molecular complexity index is 1200. The molecule has 5 heterocycles. The van der Waals surface area contributed by atoms with Crippen molar-refractivity contribution in [3.8, 4) is 0 Å². The average Bonchev–Trinajstić information content (AvgIpc) is 3.47. The Morgan fingerprint density at radius 3 is 2.77 bits per heavy atom. The van der Waals surface area contributed by atoms with Crippen molar-refractivity contribution in [1.29, 1.82) is 0 Å². The van der Waals surface area contributed by atoms with E-state index < -0.39 is 0 Å². The molecule has 0 unspecified atom stereocenters. The van der Waals surface area contributed by atoms with Gasteiger partial charge in [-0.15, -0.1) is 0 Å². The Kier molecular flexibility index (Phi) is 4.84. The summed E-state index contributed by atoms with van der Waals surface area (Å²) in [6.45, 7) is 6.98. The second-order valence-corrected chi connectivity index (χ2v) is 8.30. The van der Waals surface area contributed by atoms with E-state index in [4.69, 9.17) is 9.05 Å². The number of aryl methyl sites for hydroxylation is 3. The fourth-order valence-corrected chi connectivity index (χ4v) is 4.46. The summed E-state index contributed by atoms with van der Waals surface area (Å²) in [5, 5.41) is 8.15. The molecule has 1 atom stereocenters. The SMILES string of the molecule is Cc1noc(C)c1Cc1c(C(=O)N2CCC[C@H](c3cc4ncccc4[nH]3)C2)noc1C. The van der Waals surface area contributed by atoms with Gasteiger partial charge in [0.25, 0.3) is 5.91 Å². The molecule has 1 aliphatic rings. The molecule has 1 N–H and O–H groups in total. The minimum Gasteiger partial charge on any atom is -0.361 e. The number of hydrogen-bond acceptors (Lipinski definition) is 6. The van der Waals surface area contributed by atoms with Crippen LogP contribution in [-0.4, -0.2) is 44.2 Å². The number of H-pyrrole nitrogens is 1. The van der Waals surface area contributed by atoms with Gasteiger partial charge in [-0.25, -0.2) is 0 Å². The predicted octanol–water partition coefficient (Wildman–Crippen LogP) is 4.07. The van der Waals surface area contributed by atoms with E-state index in [0.717, 1.165) is 52.2 Å². The lowest BCUT2D eigenvalue weighted by Gasteiger charge is -2.32. The third kappa shape index (κ3) is 3.52. The lowest BCUT2D eigenvalue weighted by atomic mass is 9.94. The maximum absolute atomic E-state index is 13.4. The molecule has 0 aliphatic carbocycles. The molecular weight excluding hydrogens is 394 g/mol. The molecule has 1 aliphatic heterocycles. The molecule has 1 saturated heterocycles. The number of hydrogen-bond donors (Lipinski definition) is 1. The second-order valence-electron chi connectivity index (χ2n) is 8.30. The van der Waals surface area contributed by atoms with Crippen LogP contribution in [0.4, 0.5) is 0 Å². The first-order valence-corrected chi connectivity index (χ1v) is 10.6. The molecule has 0 radical (unpaired) electrons. The molecular formula is C23H25N5O3. The normalized spacial score (nSPS) is 16.9. The Morgan fingerprint density at radius 1 is 1.19 bits per heavy atom. The summed E-state index contributed by atoms with van der Waals surface area (Å²) in [7, 11) is 0. The molecule has 0 bridgehead atoms. The lowest BCUT2D eigenvalue weighted by molar-refractivity contribution is 0.0694. The van der Waals surface area contributed by atoms with E-state index in [0.29, 0.717) is 31.0 Å². The van der Waals surface area contributed by atoms with Crippen LogP contribution in [-0.2, 0) is 6.42 Å². The number of carbonyl (C=O) groups excluding carboxylic acids is 1. The van der Waals surface area contributed by atoms with Gasteiger partial charge in [0.15, 0.2) is 5.69 Å². The molecule has 160 valence electrons. The Balaban J connectivity index is 1.39. The van der Waals surface area contributed by atoms with E-state index in [2.05, 4.69) is 26.3 Å². The average molecular weight is 419 g/mol. The van der Waals surface area contributed by atoms with Gasteiger partial charge in [0.1, 0.15) is 11.5 Å². The molecule has 0 spiro atoms. The van der Waals surface area contributed by atoms with Gasteiger partial charge >= 0.3 is 0 Å². The zero-order valence-corrected chi connectivity index (χ0v) is 17.9. The highest BCUT2D eigenvalue weighted by atomic mass is 16.5. The number of carbonyl (C=O) groups is 1. The Hall–Kier alpha value is -3.42. The van der Waals surface area contributed by atoms with E-state index in [1.54, 1.807) is 6.20 Å². The minimum absolute atomic E-state index is 0.0856. The smallest absolute Gasteiger partial charge is 0.276 e. The van der Waals surface area contributed by atoms with E-state index >= 15 is 0 Å². The quantitative estimate of drug-likeness (QED) is 0.535. The van der Waals surface area contributed by atoms with Crippen LogP contribution >= 0.6 is 0 Å². The second kappa shape index (κ2) is 7.68. The fraction of sp³-hybridized carbons (Fsp3) is 0.391. The monoisotopic (exact) mass is 419 g/mol. The molecule has 31 heavy (non-hydrogen) atoms. The highest BCUT2D eigenvalue weighted by molar-refractivity contribution is 5.94. The number of aromatic amines is 1. The highest BCUT2D eigenvalue weighted by Gasteiger charge is 2.31. The van der Waals surface area contributed by atoms with Gasteiger partial charge in [-0.1, -0.05) is 10.3 Å². The predicted molar refractivity (Wildman–Crippen MR) is 114 cm³/mol. The Labute approximate surface area is 179 Å². The minimum atomic E-state index is -0.0856. The summed E-state index contributed by atoms with van der Waals surface area (Å²) < 4.78 is 10.7. The zero-order valence-electron chi connectivity index (χ0n) is 17.9. The van der Waals surface area contributed by atoms with Gasteiger partial charge in [0, 0.05) is 48.4 Å². The van der Waals surface area contributed by atoms with Crippen LogP contribution in [0.5, 0.6) is 0 Å². The number of piperidine rings is 1. The van der Waals surface area contributed by atoms with Gasteiger partial charge in [-0.2, -0.15) is 0 Å². The number of amides is 1. The summed E-state index contributed by atoms with van der Waals surface area (Å²) in [4.78, 5) is 23.2. The number of likely N-dealkylation sites (tertiary alicyclic amines) is 1. The lowest BCUT2D eigenvalue weighted by Crippen LogP contribution is -2.39. The number of rotatable bonds is 4. The largest absolute Gasteiger partial charge is 0.361 e. The van der Waals surface area contributed by atoms with Crippen LogP contribution < -0.4 is 0 Å². The molecule has 4 aromatic rings. The molecule has 0 aromatic carbocycles. The molecule has 4 aromatic heterocycles. The molecule has 8 nitrogen and oxygen atoms in total. The Morgan fingerprint density at radius 2 is 2.00 bits per heavy atom. The molecule has 1 fully saturated rings. The summed E-state index contributed by atoms with van der Waals surface area (Å²) >= 11 is 0. The summed E-state index contributed by atoms with van der Waals surface area (Å²) in [6.07, 6.45) is 4.28. The number of aromatic nitrogens is 4. The fourth-order valence-electron chi connectivity index (χ4n) is 4.46. The summed E-state index contributed by atoms with van der Waals surface area (Å²) in [5.74, 6) is 1.56. The van der Waals surface area contributed by atoms with Crippen molar-refractivity contribution < 1.29 is 13.8 Å². The topological polar surface area (TPSA) is 101 Å². The summed E-state index contributed by atoms with van der Waals surface area (Å²) in [6, 6.07) is 6.04. The van der Waals surface area contributed by atoms with Crippen molar-refractivity contribution in [3.63, 3.8) is 0 Å². The number of nitrogens with zero attached hydrogens (tertiary/aromatic N) is 4. The van der Waals surface area contributed by atoms with Gasteiger partial charge in [-0.3, -0.25) is 9.78 Å². The standard InChI is InChI=1S/C23H25N5O3/c1-13-17(14(2)30-26-13)10-18-15(3)31-27-22(18)23(29)28-9-5-6-16(12-28)20-11-21-19(25-20)7-4-8-24-21/h4,7-8,11,16,25H,5-6,9-10,12H2,1-3H3/t16-/m0/s1. The first-order valence-electron chi connectivity index (χ1n) is 10.6. The maximum Gasteiger partial charge on any atom is 0.276 e. The molecule has 1 amide bonds. The van der Waals surface area contributed by atoms with E-state index in [1.165, 1.54) is 0 Å². The number of fused-ring (bicyclic) bond motifs is 1. The van der Waals surface area contributed by atoms with Gasteiger partial charge in [0.05, 0.1) is 16.7 Å². The van der Waals surface area contributed by atoms with E-state index in [-0.39, 0.29) is 11.8 Å². The van der Waals surface area contributed by atoms with Crippen molar-refractivity contribution in [1.82, 2.24) is 25.2 Å². The van der Waals surface area contributed by atoms with Crippen molar-refractivity contribution in [3.05, 3.63) is 64.1 Å². The first-order chi connectivity index (χ1) is 15.0. The van der Waals surface area contributed by atoms with Gasteiger partial charge in [0.2, 0.25) is 0 Å². The maximum atomic E-state index is 13.4. The highest BCUT2D eigenvalue weighted by Crippen LogP contribution is 2.30. The molecule has 8 heteroatoms. The molecule has 0 saturated carbocycles. The zero-order chi connectivity index (χ0) is 21.5. The van der Waals surface area contributed by atoms with Gasteiger partial charge < -0.3 is 18.9 Å². The third-order valence-corrected chi connectivity index (χ3v) is 6.28. The number of nitrogens with one attached hydrogen (secondary N) is 1. The van der Waals surface area contributed by atoms with E-state index in [9.17, 15) is 4.79 Å². The van der Waals surface area contributed by atoms with Crippen LogP contribution in [0.25, 0.3) is 11.0 Å². The van der Waals surface area contributed by atoms with E-state index in [1.807, 2.05) is 37.8 Å². The van der Waals surface area contributed by atoms with Crippen LogP contribution in [0.1, 0.15) is 63.3 Å². The van der Waals surface area contributed by atoms with Crippen molar-refractivity contribution in [2.75, 3.05) is 13.1 Å². The first kappa shape index (κ1) is 19.5.